The normalized spacial score (nSPS) is 15.2. The van der Waals surface area contributed by atoms with Crippen molar-refractivity contribution >= 4 is 5.82 Å². The lowest BCUT2D eigenvalue weighted by Gasteiger charge is -2.24. The summed E-state index contributed by atoms with van der Waals surface area (Å²) in [7, 11) is 0. The molecule has 1 aliphatic rings. The Morgan fingerprint density at radius 1 is 1.33 bits per heavy atom. The van der Waals surface area contributed by atoms with Gasteiger partial charge in [0, 0.05) is 18.3 Å². The van der Waals surface area contributed by atoms with Gasteiger partial charge in [-0.05, 0) is 36.5 Å². The highest BCUT2D eigenvalue weighted by Crippen LogP contribution is 2.31. The van der Waals surface area contributed by atoms with E-state index in [1.807, 2.05) is 12.1 Å². The van der Waals surface area contributed by atoms with Crippen molar-refractivity contribution in [1.82, 2.24) is 4.98 Å². The molecule has 0 bridgehead atoms. The molecule has 1 heterocycles. The van der Waals surface area contributed by atoms with E-state index in [-0.39, 0.29) is 13.2 Å². The van der Waals surface area contributed by atoms with Gasteiger partial charge < -0.3 is 15.1 Å². The lowest BCUT2D eigenvalue weighted by Crippen LogP contribution is -2.30. The summed E-state index contributed by atoms with van der Waals surface area (Å²) in [5, 5.41) is 18.5. The van der Waals surface area contributed by atoms with Crippen LogP contribution in [-0.2, 0) is 6.61 Å². The Morgan fingerprint density at radius 3 is 2.56 bits per heavy atom. The van der Waals surface area contributed by atoms with Gasteiger partial charge in [-0.3, -0.25) is 0 Å². The molecule has 18 heavy (non-hydrogen) atoms. The number of rotatable bonds is 6. The van der Waals surface area contributed by atoms with Crippen LogP contribution in [0.25, 0.3) is 0 Å². The number of anilines is 1. The van der Waals surface area contributed by atoms with Crippen LogP contribution in [0.3, 0.4) is 0 Å². The number of hydrogen-bond acceptors (Lipinski definition) is 4. The molecule has 1 aromatic rings. The Balaban J connectivity index is 2.31. The molecule has 0 spiro atoms. The van der Waals surface area contributed by atoms with E-state index < -0.39 is 0 Å². The molecule has 4 heteroatoms. The number of aromatic nitrogens is 1. The first-order valence-electron chi connectivity index (χ1n) is 6.65. The van der Waals surface area contributed by atoms with E-state index in [2.05, 4.69) is 23.7 Å². The van der Waals surface area contributed by atoms with Gasteiger partial charge in [-0.25, -0.2) is 4.98 Å². The second-order valence-electron chi connectivity index (χ2n) is 5.22. The lowest BCUT2D eigenvalue weighted by atomic mass is 10.1. The maximum atomic E-state index is 9.34. The summed E-state index contributed by atoms with van der Waals surface area (Å²) in [5.41, 5.74) is 1.90. The third-order valence-electron chi connectivity index (χ3n) is 3.29. The number of nitrogens with zero attached hydrogens (tertiary/aromatic N) is 2. The van der Waals surface area contributed by atoms with Crippen LogP contribution >= 0.6 is 0 Å². The highest BCUT2D eigenvalue weighted by atomic mass is 16.3. The van der Waals surface area contributed by atoms with Crippen LogP contribution in [0.15, 0.2) is 12.1 Å². The van der Waals surface area contributed by atoms with E-state index >= 15 is 0 Å². The molecule has 4 nitrogen and oxygen atoms in total. The Bertz CT molecular complexity index is 403. The Labute approximate surface area is 108 Å². The molecule has 1 fully saturated rings. The molecule has 0 radical (unpaired) electrons. The predicted octanol–water partition coefficient (Wildman–Crippen LogP) is 1.66. The monoisotopic (exact) mass is 250 g/mol. The molecule has 100 valence electrons. The van der Waals surface area contributed by atoms with Crippen LogP contribution in [0.5, 0.6) is 0 Å². The molecular weight excluding hydrogens is 228 g/mol. The van der Waals surface area contributed by atoms with E-state index in [0.29, 0.717) is 18.5 Å². The van der Waals surface area contributed by atoms with Crippen LogP contribution in [0.4, 0.5) is 5.82 Å². The first-order chi connectivity index (χ1) is 8.65. The van der Waals surface area contributed by atoms with Crippen molar-refractivity contribution in [1.29, 1.82) is 0 Å². The minimum atomic E-state index is 0.0346. The highest BCUT2D eigenvalue weighted by molar-refractivity contribution is 5.45. The average Bonchev–Trinajstić information content (AvgIpc) is 3.19. The van der Waals surface area contributed by atoms with Crippen molar-refractivity contribution in [3.8, 4) is 0 Å². The summed E-state index contributed by atoms with van der Waals surface area (Å²) in [6, 6.07) is 4.40. The fourth-order valence-corrected chi connectivity index (χ4v) is 2.11. The summed E-state index contributed by atoms with van der Waals surface area (Å²) in [5.74, 6) is 1.23. The minimum absolute atomic E-state index is 0.0346. The molecular formula is C14H22N2O2. The molecule has 0 aromatic carbocycles. The maximum Gasteiger partial charge on any atom is 0.129 e. The maximum absolute atomic E-state index is 9.34. The third-order valence-corrected chi connectivity index (χ3v) is 3.29. The Hall–Kier alpha value is -1.13. The largest absolute Gasteiger partial charge is 0.395 e. The standard InChI is InChI=1S/C14H22N2O2/c1-10(2)13-7-11(9-18)8-14(15-13)16(5-6-17)12-3-4-12/h7-8,10,12,17-18H,3-6,9H2,1-2H3. The topological polar surface area (TPSA) is 56.6 Å². The second-order valence-corrected chi connectivity index (χ2v) is 5.22. The van der Waals surface area contributed by atoms with Gasteiger partial charge in [-0.15, -0.1) is 0 Å². The van der Waals surface area contributed by atoms with Crippen molar-refractivity contribution in [3.05, 3.63) is 23.4 Å². The number of aliphatic hydroxyl groups excluding tert-OH is 2. The van der Waals surface area contributed by atoms with Gasteiger partial charge in [0.05, 0.1) is 13.2 Å². The number of pyridine rings is 1. The van der Waals surface area contributed by atoms with Crippen LogP contribution in [-0.4, -0.2) is 34.4 Å². The van der Waals surface area contributed by atoms with Gasteiger partial charge in [-0.1, -0.05) is 13.8 Å². The first-order valence-corrected chi connectivity index (χ1v) is 6.65. The van der Waals surface area contributed by atoms with Gasteiger partial charge in [0.1, 0.15) is 5.82 Å². The Morgan fingerprint density at radius 2 is 2.06 bits per heavy atom. The molecule has 1 saturated carbocycles. The van der Waals surface area contributed by atoms with Crippen LogP contribution in [0.1, 0.15) is 43.9 Å². The predicted molar refractivity (Wildman–Crippen MR) is 71.7 cm³/mol. The van der Waals surface area contributed by atoms with Crippen molar-refractivity contribution in [2.45, 2.75) is 45.3 Å². The van der Waals surface area contributed by atoms with E-state index in [4.69, 9.17) is 5.11 Å². The molecule has 2 rings (SSSR count). The summed E-state index contributed by atoms with van der Waals surface area (Å²) < 4.78 is 0. The fraction of sp³-hybridized carbons (Fsp3) is 0.643. The second kappa shape index (κ2) is 5.67. The van der Waals surface area contributed by atoms with Gasteiger partial charge in [0.25, 0.3) is 0 Å². The lowest BCUT2D eigenvalue weighted by molar-refractivity contribution is 0.281. The number of aliphatic hydroxyl groups is 2. The molecule has 0 unspecified atom stereocenters. The highest BCUT2D eigenvalue weighted by Gasteiger charge is 2.30. The average molecular weight is 250 g/mol. The molecule has 0 saturated heterocycles. The summed E-state index contributed by atoms with van der Waals surface area (Å²) >= 11 is 0. The van der Waals surface area contributed by atoms with Crippen LogP contribution in [0.2, 0.25) is 0 Å². The summed E-state index contributed by atoms with van der Waals surface area (Å²) in [6.07, 6.45) is 2.34. The van der Waals surface area contributed by atoms with Crippen molar-refractivity contribution in [2.75, 3.05) is 18.1 Å². The van der Waals surface area contributed by atoms with Crippen molar-refractivity contribution in [3.63, 3.8) is 0 Å². The first kappa shape index (κ1) is 13.3. The SMILES string of the molecule is CC(C)c1cc(CO)cc(N(CCO)C2CC2)n1. The molecule has 2 N–H and O–H groups in total. The summed E-state index contributed by atoms with van der Waals surface area (Å²) in [6.45, 7) is 4.98. The minimum Gasteiger partial charge on any atom is -0.395 e. The van der Waals surface area contributed by atoms with E-state index in [9.17, 15) is 5.11 Å². The molecule has 1 aromatic heterocycles. The van der Waals surface area contributed by atoms with Crippen LogP contribution < -0.4 is 4.90 Å². The van der Waals surface area contributed by atoms with E-state index in [1.54, 1.807) is 0 Å². The fourth-order valence-electron chi connectivity index (χ4n) is 2.11. The Kier molecular flexibility index (Phi) is 4.19. The quantitative estimate of drug-likeness (QED) is 0.806. The van der Waals surface area contributed by atoms with Gasteiger partial charge in [0.15, 0.2) is 0 Å². The zero-order valence-electron chi connectivity index (χ0n) is 11.1. The van der Waals surface area contributed by atoms with Gasteiger partial charge >= 0.3 is 0 Å². The van der Waals surface area contributed by atoms with Gasteiger partial charge in [-0.2, -0.15) is 0 Å². The smallest absolute Gasteiger partial charge is 0.129 e. The van der Waals surface area contributed by atoms with E-state index in [1.165, 1.54) is 12.8 Å². The molecule has 1 aliphatic carbocycles. The third kappa shape index (κ3) is 3.00. The van der Waals surface area contributed by atoms with Crippen LogP contribution in [0, 0.1) is 0 Å². The van der Waals surface area contributed by atoms with Crippen molar-refractivity contribution < 1.29 is 10.2 Å². The van der Waals surface area contributed by atoms with Crippen molar-refractivity contribution in [2.24, 2.45) is 0 Å². The number of hydrogen-bond donors (Lipinski definition) is 2. The molecule has 0 aliphatic heterocycles. The zero-order chi connectivity index (χ0) is 13.1. The van der Waals surface area contributed by atoms with Gasteiger partial charge in [0.2, 0.25) is 0 Å². The molecule has 0 atom stereocenters. The van der Waals surface area contributed by atoms with E-state index in [0.717, 1.165) is 17.1 Å². The zero-order valence-corrected chi connectivity index (χ0v) is 11.1. The molecule has 0 amide bonds. The summed E-state index contributed by atoms with van der Waals surface area (Å²) in [4.78, 5) is 6.82.